The predicted octanol–water partition coefficient (Wildman–Crippen LogP) is 2.24. The summed E-state index contributed by atoms with van der Waals surface area (Å²) in [6, 6.07) is 8.19. The summed E-state index contributed by atoms with van der Waals surface area (Å²) in [6.45, 7) is 2.06. The molecule has 3 heterocycles. The number of benzene rings is 1. The number of hydrogen-bond acceptors (Lipinski definition) is 5. The van der Waals surface area contributed by atoms with Crippen LogP contribution in [0.3, 0.4) is 0 Å². The number of carbonyl (C=O) groups excluding carboxylic acids is 1. The van der Waals surface area contributed by atoms with Crippen molar-refractivity contribution in [2.75, 3.05) is 26.7 Å². The van der Waals surface area contributed by atoms with E-state index >= 15 is 0 Å². The second-order valence-corrected chi connectivity index (χ2v) is 7.76. The van der Waals surface area contributed by atoms with E-state index < -0.39 is 23.9 Å². The van der Waals surface area contributed by atoms with Crippen LogP contribution in [0, 0.1) is 0 Å². The van der Waals surface area contributed by atoms with Crippen LogP contribution in [0.25, 0.3) is 5.65 Å². The molecule has 1 unspecified atom stereocenters. The van der Waals surface area contributed by atoms with Gasteiger partial charge in [-0.3, -0.25) is 9.69 Å². The van der Waals surface area contributed by atoms with E-state index in [0.717, 1.165) is 36.3 Å². The predicted molar refractivity (Wildman–Crippen MR) is 106 cm³/mol. The quantitative estimate of drug-likeness (QED) is 0.668. The Kier molecular flexibility index (Phi) is 5.67. The number of hydrogen-bond donors (Lipinski definition) is 1. The first kappa shape index (κ1) is 21.3. The highest BCUT2D eigenvalue weighted by Crippen LogP contribution is 2.27. The molecule has 1 amide bonds. The first-order chi connectivity index (χ1) is 14.7. The van der Waals surface area contributed by atoms with Crippen LogP contribution in [-0.2, 0) is 19.1 Å². The van der Waals surface area contributed by atoms with Crippen molar-refractivity contribution in [3.05, 3.63) is 65.4 Å². The molecule has 10 heteroatoms. The number of alkyl halides is 3. The Bertz CT molecular complexity index is 1100. The minimum atomic E-state index is -4.58. The maximum Gasteiger partial charge on any atom is 0.434 e. The number of fused-ring (bicyclic) bond motifs is 2. The smallest absolute Gasteiger partial charge is 0.390 e. The zero-order chi connectivity index (χ0) is 22.2. The number of aromatic nitrogens is 3. The number of carbonyl (C=O) groups is 1. The fraction of sp³-hybridized carbons (Fsp3) is 0.381. The Balaban J connectivity index is 1.38. The van der Waals surface area contributed by atoms with Gasteiger partial charge in [0, 0.05) is 45.6 Å². The Hall–Kier alpha value is -2.98. The zero-order valence-corrected chi connectivity index (χ0v) is 16.9. The number of rotatable bonds is 5. The van der Waals surface area contributed by atoms with Crippen molar-refractivity contribution in [1.82, 2.24) is 24.2 Å². The van der Waals surface area contributed by atoms with Gasteiger partial charge in [-0.15, -0.1) is 0 Å². The standard InChI is InChI=1S/C21H22F3N5O2/c1-27(10-16(30)11-28-7-6-14-4-2-3-5-15(14)9-28)20(31)17-12-29-13-18(21(22,23)24)25-8-19(29)26-17/h2-5,8,12-13,16,30H,6-7,9-11H2,1H3. The van der Waals surface area contributed by atoms with Crippen molar-refractivity contribution in [3.8, 4) is 0 Å². The lowest BCUT2D eigenvalue weighted by molar-refractivity contribution is -0.141. The number of aliphatic hydroxyl groups excluding tert-OH is 1. The second kappa shape index (κ2) is 8.27. The van der Waals surface area contributed by atoms with E-state index in [-0.39, 0.29) is 17.9 Å². The molecule has 31 heavy (non-hydrogen) atoms. The SMILES string of the molecule is CN(CC(O)CN1CCc2ccccc2C1)C(=O)c1cn2cc(C(F)(F)F)ncc2n1. The number of β-amino-alcohol motifs (C(OH)–C–C–N with tert-alkyl or cyclic N) is 1. The fourth-order valence-electron chi connectivity index (χ4n) is 3.81. The average molecular weight is 433 g/mol. The topological polar surface area (TPSA) is 74.0 Å². The van der Waals surface area contributed by atoms with Gasteiger partial charge in [0.15, 0.2) is 11.3 Å². The van der Waals surface area contributed by atoms with Gasteiger partial charge in [0.05, 0.1) is 12.3 Å². The molecular weight excluding hydrogens is 411 g/mol. The molecule has 0 fully saturated rings. The van der Waals surface area contributed by atoms with E-state index in [2.05, 4.69) is 27.0 Å². The highest BCUT2D eigenvalue weighted by molar-refractivity contribution is 5.92. The molecule has 0 saturated heterocycles. The maximum atomic E-state index is 12.8. The van der Waals surface area contributed by atoms with Crippen molar-refractivity contribution >= 4 is 11.6 Å². The van der Waals surface area contributed by atoms with Crippen molar-refractivity contribution in [2.45, 2.75) is 25.2 Å². The van der Waals surface area contributed by atoms with E-state index in [9.17, 15) is 23.1 Å². The van der Waals surface area contributed by atoms with Crippen LogP contribution in [0.2, 0.25) is 0 Å². The third kappa shape index (κ3) is 4.70. The Morgan fingerprint density at radius 1 is 1.26 bits per heavy atom. The van der Waals surface area contributed by atoms with Gasteiger partial charge in [-0.2, -0.15) is 13.2 Å². The summed E-state index contributed by atoms with van der Waals surface area (Å²) in [5.41, 5.74) is 1.61. The molecule has 1 aromatic carbocycles. The largest absolute Gasteiger partial charge is 0.434 e. The Labute approximate surface area is 176 Å². The van der Waals surface area contributed by atoms with E-state index in [1.807, 2.05) is 12.1 Å². The summed E-state index contributed by atoms with van der Waals surface area (Å²) < 4.78 is 39.6. The Morgan fingerprint density at radius 3 is 2.74 bits per heavy atom. The van der Waals surface area contributed by atoms with Crippen LogP contribution < -0.4 is 0 Å². The van der Waals surface area contributed by atoms with Crippen molar-refractivity contribution in [3.63, 3.8) is 0 Å². The summed E-state index contributed by atoms with van der Waals surface area (Å²) in [7, 11) is 1.53. The molecule has 2 aromatic heterocycles. The van der Waals surface area contributed by atoms with Crippen molar-refractivity contribution in [1.29, 1.82) is 0 Å². The molecule has 7 nitrogen and oxygen atoms in total. The lowest BCUT2D eigenvalue weighted by Gasteiger charge is -2.31. The molecule has 0 saturated carbocycles. The maximum absolute atomic E-state index is 12.8. The lowest BCUT2D eigenvalue weighted by Crippen LogP contribution is -2.42. The molecule has 0 aliphatic carbocycles. The summed E-state index contributed by atoms with van der Waals surface area (Å²) in [6.07, 6.45) is -1.44. The number of amides is 1. The number of aliphatic hydroxyl groups is 1. The molecule has 0 spiro atoms. The van der Waals surface area contributed by atoms with Crippen molar-refractivity contribution in [2.24, 2.45) is 0 Å². The third-order valence-corrected chi connectivity index (χ3v) is 5.36. The number of imidazole rings is 1. The molecule has 0 bridgehead atoms. The summed E-state index contributed by atoms with van der Waals surface area (Å²) >= 11 is 0. The van der Waals surface area contributed by atoms with Crippen LogP contribution >= 0.6 is 0 Å². The molecule has 1 atom stereocenters. The monoisotopic (exact) mass is 433 g/mol. The van der Waals surface area contributed by atoms with Crippen LogP contribution in [0.4, 0.5) is 13.2 Å². The first-order valence-electron chi connectivity index (χ1n) is 9.85. The molecule has 164 valence electrons. The van der Waals surface area contributed by atoms with Crippen LogP contribution in [0.15, 0.2) is 42.9 Å². The van der Waals surface area contributed by atoms with E-state index in [1.165, 1.54) is 29.3 Å². The third-order valence-electron chi connectivity index (χ3n) is 5.36. The van der Waals surface area contributed by atoms with E-state index in [4.69, 9.17) is 0 Å². The van der Waals surface area contributed by atoms with Gasteiger partial charge in [-0.25, -0.2) is 9.97 Å². The van der Waals surface area contributed by atoms with Crippen molar-refractivity contribution < 1.29 is 23.1 Å². The normalized spacial score (nSPS) is 15.6. The molecule has 1 N–H and O–H groups in total. The van der Waals surface area contributed by atoms with Gasteiger partial charge >= 0.3 is 6.18 Å². The van der Waals surface area contributed by atoms with Gasteiger partial charge in [-0.1, -0.05) is 24.3 Å². The minimum Gasteiger partial charge on any atom is -0.390 e. The number of halogens is 3. The minimum absolute atomic E-state index is 0.0114. The highest BCUT2D eigenvalue weighted by Gasteiger charge is 2.33. The van der Waals surface area contributed by atoms with Gasteiger partial charge in [0.1, 0.15) is 5.69 Å². The zero-order valence-electron chi connectivity index (χ0n) is 16.9. The Morgan fingerprint density at radius 2 is 2.00 bits per heavy atom. The first-order valence-corrected chi connectivity index (χ1v) is 9.85. The molecular formula is C21H22F3N5O2. The molecule has 0 radical (unpaired) electrons. The fourth-order valence-corrected chi connectivity index (χ4v) is 3.81. The van der Waals surface area contributed by atoms with Gasteiger partial charge in [-0.05, 0) is 17.5 Å². The lowest BCUT2D eigenvalue weighted by atomic mass is 10.00. The average Bonchev–Trinajstić information content (AvgIpc) is 3.15. The molecule has 1 aliphatic heterocycles. The number of likely N-dealkylation sites (N-methyl/N-ethyl adjacent to an activating group) is 1. The van der Waals surface area contributed by atoms with Crippen LogP contribution in [-0.4, -0.2) is 68.0 Å². The molecule has 3 aromatic rings. The van der Waals surface area contributed by atoms with Crippen LogP contribution in [0.5, 0.6) is 0 Å². The summed E-state index contributed by atoms with van der Waals surface area (Å²) in [4.78, 5) is 23.5. The number of nitrogens with zero attached hydrogens (tertiary/aromatic N) is 5. The summed E-state index contributed by atoms with van der Waals surface area (Å²) in [5, 5.41) is 10.5. The summed E-state index contributed by atoms with van der Waals surface area (Å²) in [5.74, 6) is -0.486. The van der Waals surface area contributed by atoms with E-state index in [0.29, 0.717) is 6.54 Å². The van der Waals surface area contributed by atoms with E-state index in [1.54, 1.807) is 0 Å². The van der Waals surface area contributed by atoms with Gasteiger partial charge in [0.2, 0.25) is 0 Å². The molecule has 1 aliphatic rings. The van der Waals surface area contributed by atoms with Crippen LogP contribution in [0.1, 0.15) is 27.3 Å². The molecule has 4 rings (SSSR count). The van der Waals surface area contributed by atoms with Gasteiger partial charge in [0.25, 0.3) is 5.91 Å². The second-order valence-electron chi connectivity index (χ2n) is 7.76. The highest BCUT2D eigenvalue weighted by atomic mass is 19.4. The van der Waals surface area contributed by atoms with Gasteiger partial charge < -0.3 is 14.4 Å².